The molecule has 6 nitrogen and oxygen atoms in total. The van der Waals surface area contributed by atoms with Crippen molar-refractivity contribution in [2.45, 2.75) is 18.7 Å². The summed E-state index contributed by atoms with van der Waals surface area (Å²) in [5, 5.41) is 2.57. The molecule has 2 rings (SSSR count). The maximum absolute atomic E-state index is 13.1. The molecule has 0 aliphatic heterocycles. The van der Waals surface area contributed by atoms with Crippen molar-refractivity contribution in [3.05, 3.63) is 54.3 Å². The second-order valence-corrected chi connectivity index (χ2v) is 7.35. The lowest BCUT2D eigenvalue weighted by Gasteiger charge is -2.18. The highest BCUT2D eigenvalue weighted by Crippen LogP contribution is 2.19. The minimum Gasteiger partial charge on any atom is -0.484 e. The lowest BCUT2D eigenvalue weighted by Crippen LogP contribution is -2.30. The number of nitrogens with zero attached hydrogens (tertiary/aromatic N) is 1. The van der Waals surface area contributed by atoms with Crippen LogP contribution in [0.2, 0.25) is 0 Å². The van der Waals surface area contributed by atoms with E-state index in [0.29, 0.717) is 18.8 Å². The van der Waals surface area contributed by atoms with Gasteiger partial charge in [-0.1, -0.05) is 26.0 Å². The van der Waals surface area contributed by atoms with Crippen LogP contribution in [0.1, 0.15) is 13.8 Å². The van der Waals surface area contributed by atoms with E-state index < -0.39 is 21.7 Å². The number of rotatable bonds is 8. The van der Waals surface area contributed by atoms with Crippen LogP contribution in [-0.4, -0.2) is 38.3 Å². The SMILES string of the molecule is CCN(CC)S(=O)(=O)c1cccc(NC(=O)COc2cccc(F)c2)c1. The third-order valence-corrected chi connectivity index (χ3v) is 5.67. The Morgan fingerprint density at radius 2 is 1.81 bits per heavy atom. The van der Waals surface area contributed by atoms with Crippen LogP contribution >= 0.6 is 0 Å². The van der Waals surface area contributed by atoms with Crippen LogP contribution in [-0.2, 0) is 14.8 Å². The molecule has 0 bridgehead atoms. The van der Waals surface area contributed by atoms with Gasteiger partial charge in [0.05, 0.1) is 4.90 Å². The van der Waals surface area contributed by atoms with Crippen LogP contribution in [0.5, 0.6) is 5.75 Å². The van der Waals surface area contributed by atoms with E-state index in [1.165, 1.54) is 40.7 Å². The Labute approximate surface area is 152 Å². The molecule has 26 heavy (non-hydrogen) atoms. The number of hydrogen-bond donors (Lipinski definition) is 1. The molecular weight excluding hydrogens is 359 g/mol. The van der Waals surface area contributed by atoms with Gasteiger partial charge in [-0.15, -0.1) is 0 Å². The first-order valence-corrected chi connectivity index (χ1v) is 9.59. The number of benzene rings is 2. The maximum Gasteiger partial charge on any atom is 0.262 e. The summed E-state index contributed by atoms with van der Waals surface area (Å²) in [6.07, 6.45) is 0. The highest BCUT2D eigenvalue weighted by Gasteiger charge is 2.21. The first kappa shape index (κ1) is 19.9. The minimum atomic E-state index is -3.61. The van der Waals surface area contributed by atoms with Gasteiger partial charge in [-0.05, 0) is 30.3 Å². The number of halogens is 1. The predicted octanol–water partition coefficient (Wildman–Crippen LogP) is 2.87. The molecule has 0 radical (unpaired) electrons. The van der Waals surface area contributed by atoms with Gasteiger partial charge in [0.1, 0.15) is 11.6 Å². The van der Waals surface area contributed by atoms with E-state index >= 15 is 0 Å². The summed E-state index contributed by atoms with van der Waals surface area (Å²) in [5.41, 5.74) is 0.339. The van der Waals surface area contributed by atoms with Crippen molar-refractivity contribution >= 4 is 21.6 Å². The Kier molecular flexibility index (Phi) is 6.70. The molecule has 0 saturated heterocycles. The summed E-state index contributed by atoms with van der Waals surface area (Å²) in [4.78, 5) is 12.1. The average molecular weight is 380 g/mol. The lowest BCUT2D eigenvalue weighted by atomic mass is 10.3. The normalized spacial score (nSPS) is 11.4. The Balaban J connectivity index is 2.05. The highest BCUT2D eigenvalue weighted by molar-refractivity contribution is 7.89. The zero-order valence-corrected chi connectivity index (χ0v) is 15.4. The van der Waals surface area contributed by atoms with Crippen LogP contribution < -0.4 is 10.1 Å². The number of carbonyl (C=O) groups excluding carboxylic acids is 1. The Morgan fingerprint density at radius 3 is 2.46 bits per heavy atom. The summed E-state index contributed by atoms with van der Waals surface area (Å²) < 4.78 is 44.7. The van der Waals surface area contributed by atoms with Crippen molar-refractivity contribution in [2.24, 2.45) is 0 Å². The molecule has 0 aliphatic rings. The van der Waals surface area contributed by atoms with Gasteiger partial charge in [0.2, 0.25) is 10.0 Å². The average Bonchev–Trinajstić information content (AvgIpc) is 2.61. The second-order valence-electron chi connectivity index (χ2n) is 5.41. The van der Waals surface area contributed by atoms with E-state index in [0.717, 1.165) is 0 Å². The van der Waals surface area contributed by atoms with Gasteiger partial charge in [-0.25, -0.2) is 12.8 Å². The number of anilines is 1. The Hall–Kier alpha value is -2.45. The number of nitrogens with one attached hydrogen (secondary N) is 1. The zero-order valence-electron chi connectivity index (χ0n) is 14.6. The van der Waals surface area contributed by atoms with Crippen LogP contribution in [0, 0.1) is 5.82 Å². The number of hydrogen-bond acceptors (Lipinski definition) is 4. The van der Waals surface area contributed by atoms with Gasteiger partial charge in [0.25, 0.3) is 5.91 Å². The molecular formula is C18H21FN2O4S. The third kappa shape index (κ3) is 5.03. The van der Waals surface area contributed by atoms with E-state index in [2.05, 4.69) is 5.32 Å². The molecule has 1 amide bonds. The predicted molar refractivity (Wildman–Crippen MR) is 97.1 cm³/mol. The fourth-order valence-electron chi connectivity index (χ4n) is 2.35. The summed E-state index contributed by atoms with van der Waals surface area (Å²) in [6.45, 7) is 3.91. The molecule has 0 unspecified atom stereocenters. The Morgan fingerprint density at radius 1 is 1.12 bits per heavy atom. The smallest absolute Gasteiger partial charge is 0.262 e. The Bertz CT molecular complexity index is 867. The molecule has 0 aromatic heterocycles. The number of ether oxygens (including phenoxy) is 1. The van der Waals surface area contributed by atoms with E-state index in [4.69, 9.17) is 4.74 Å². The second kappa shape index (κ2) is 8.77. The molecule has 2 aromatic carbocycles. The molecule has 0 spiro atoms. The van der Waals surface area contributed by atoms with Gasteiger partial charge in [-0.2, -0.15) is 4.31 Å². The lowest BCUT2D eigenvalue weighted by molar-refractivity contribution is -0.118. The van der Waals surface area contributed by atoms with E-state index in [-0.39, 0.29) is 17.3 Å². The number of sulfonamides is 1. The van der Waals surface area contributed by atoms with Gasteiger partial charge in [-0.3, -0.25) is 4.79 Å². The summed E-state index contributed by atoms with van der Waals surface area (Å²) in [7, 11) is -3.61. The first-order valence-electron chi connectivity index (χ1n) is 8.15. The molecule has 8 heteroatoms. The van der Waals surface area contributed by atoms with Crippen LogP contribution in [0.15, 0.2) is 53.4 Å². The largest absolute Gasteiger partial charge is 0.484 e. The van der Waals surface area contributed by atoms with Gasteiger partial charge in [0, 0.05) is 24.8 Å². The fraction of sp³-hybridized carbons (Fsp3) is 0.278. The van der Waals surface area contributed by atoms with Crippen LogP contribution in [0.25, 0.3) is 0 Å². The molecule has 0 fully saturated rings. The maximum atomic E-state index is 13.1. The monoisotopic (exact) mass is 380 g/mol. The van der Waals surface area contributed by atoms with E-state index in [1.54, 1.807) is 26.0 Å². The number of carbonyl (C=O) groups is 1. The quantitative estimate of drug-likeness (QED) is 0.764. The third-order valence-electron chi connectivity index (χ3n) is 3.63. The molecule has 0 heterocycles. The van der Waals surface area contributed by atoms with Crippen LogP contribution in [0.4, 0.5) is 10.1 Å². The zero-order chi connectivity index (χ0) is 19.2. The topological polar surface area (TPSA) is 75.7 Å². The highest BCUT2D eigenvalue weighted by atomic mass is 32.2. The van der Waals surface area contributed by atoms with Crippen molar-refractivity contribution in [1.82, 2.24) is 4.31 Å². The molecule has 0 saturated carbocycles. The van der Waals surface area contributed by atoms with E-state index in [1.807, 2.05) is 0 Å². The standard InChI is InChI=1S/C18H21FN2O4S/c1-3-21(4-2)26(23,24)17-10-6-8-15(12-17)20-18(22)13-25-16-9-5-7-14(19)11-16/h5-12H,3-4,13H2,1-2H3,(H,20,22). The first-order chi connectivity index (χ1) is 12.4. The van der Waals surface area contributed by atoms with Crippen molar-refractivity contribution in [3.8, 4) is 5.75 Å². The van der Waals surface area contributed by atoms with Gasteiger partial charge in [0.15, 0.2) is 6.61 Å². The molecule has 0 aliphatic carbocycles. The summed E-state index contributed by atoms with van der Waals surface area (Å²) >= 11 is 0. The molecule has 2 aromatic rings. The van der Waals surface area contributed by atoms with Crippen molar-refractivity contribution in [3.63, 3.8) is 0 Å². The molecule has 1 N–H and O–H groups in total. The van der Waals surface area contributed by atoms with Crippen molar-refractivity contribution < 1.29 is 22.3 Å². The molecule has 140 valence electrons. The summed E-state index contributed by atoms with van der Waals surface area (Å²) in [6, 6.07) is 11.5. The van der Waals surface area contributed by atoms with Gasteiger partial charge >= 0.3 is 0 Å². The summed E-state index contributed by atoms with van der Waals surface area (Å²) in [5.74, 6) is -0.707. The van der Waals surface area contributed by atoms with Crippen molar-refractivity contribution in [1.29, 1.82) is 0 Å². The molecule has 0 atom stereocenters. The number of amides is 1. The minimum absolute atomic E-state index is 0.102. The fourth-order valence-corrected chi connectivity index (χ4v) is 3.85. The van der Waals surface area contributed by atoms with Crippen molar-refractivity contribution in [2.75, 3.05) is 25.0 Å². The van der Waals surface area contributed by atoms with Gasteiger partial charge < -0.3 is 10.1 Å². The van der Waals surface area contributed by atoms with E-state index in [9.17, 15) is 17.6 Å². The van der Waals surface area contributed by atoms with Crippen LogP contribution in [0.3, 0.4) is 0 Å².